The Kier molecular flexibility index (Phi) is 6.57. The van der Waals surface area contributed by atoms with Crippen LogP contribution in [0.5, 0.6) is 0 Å². The van der Waals surface area contributed by atoms with Gasteiger partial charge in [-0.25, -0.2) is 4.79 Å². The van der Waals surface area contributed by atoms with E-state index in [0.717, 1.165) is 67.9 Å². The molecule has 2 aliphatic rings. The van der Waals surface area contributed by atoms with E-state index in [1.54, 1.807) is 11.3 Å². The Balaban J connectivity index is 1.56. The minimum atomic E-state index is -0.164. The fourth-order valence-electron chi connectivity index (χ4n) is 4.94. The molecule has 3 aromatic rings. The molecule has 0 radical (unpaired) electrons. The van der Waals surface area contributed by atoms with Gasteiger partial charge in [0.25, 0.3) is 5.56 Å². The number of aromatic nitrogens is 2. The van der Waals surface area contributed by atoms with Crippen molar-refractivity contribution in [1.82, 2.24) is 14.0 Å². The van der Waals surface area contributed by atoms with Gasteiger partial charge in [0.05, 0.1) is 18.6 Å². The molecule has 0 amide bonds. The lowest BCUT2D eigenvalue weighted by Crippen LogP contribution is -2.43. The molecule has 1 aliphatic carbocycles. The third-order valence-electron chi connectivity index (χ3n) is 6.78. The second kappa shape index (κ2) is 9.73. The molecule has 5 rings (SSSR count). The molecule has 0 N–H and O–H groups in total. The zero-order chi connectivity index (χ0) is 21.9. The van der Waals surface area contributed by atoms with E-state index in [1.807, 2.05) is 22.8 Å². The van der Waals surface area contributed by atoms with Crippen LogP contribution >= 0.6 is 11.3 Å². The smallest absolute Gasteiger partial charge is 0.332 e. The Morgan fingerprint density at radius 3 is 2.47 bits per heavy atom. The van der Waals surface area contributed by atoms with Gasteiger partial charge in [-0.2, -0.15) is 0 Å². The van der Waals surface area contributed by atoms with Crippen LogP contribution in [0.2, 0.25) is 0 Å². The number of hydrogen-bond donors (Lipinski definition) is 0. The zero-order valence-electron chi connectivity index (χ0n) is 18.6. The normalized spacial score (nSPS) is 17.4. The van der Waals surface area contributed by atoms with Crippen molar-refractivity contribution >= 4 is 21.6 Å². The average Bonchev–Trinajstić information content (AvgIpc) is 3.02. The summed E-state index contributed by atoms with van der Waals surface area (Å²) in [5.41, 5.74) is 2.09. The Morgan fingerprint density at radius 1 is 0.875 bits per heavy atom. The molecule has 1 aliphatic heterocycles. The third-order valence-corrected chi connectivity index (χ3v) is 8.09. The standard InChI is InChI=1S/C25H31N3O3S/c29-23-22-20-9-5-2-6-10-21(20)32-24(22)28(14-13-26-15-17-31-18-16-26)25(30)27(23)12-11-19-7-3-1-4-8-19/h1,3-4,7-8H,2,5-6,9-18H2. The van der Waals surface area contributed by atoms with Crippen LogP contribution in [0.1, 0.15) is 35.3 Å². The summed E-state index contributed by atoms with van der Waals surface area (Å²) >= 11 is 1.68. The third kappa shape index (κ3) is 4.34. The van der Waals surface area contributed by atoms with Gasteiger partial charge in [-0.15, -0.1) is 11.3 Å². The first-order chi connectivity index (χ1) is 15.7. The molecule has 0 spiro atoms. The van der Waals surface area contributed by atoms with E-state index in [2.05, 4.69) is 17.0 Å². The Morgan fingerprint density at radius 2 is 1.66 bits per heavy atom. The summed E-state index contributed by atoms with van der Waals surface area (Å²) in [7, 11) is 0. The van der Waals surface area contributed by atoms with Crippen LogP contribution in [0.3, 0.4) is 0 Å². The van der Waals surface area contributed by atoms with Gasteiger partial charge in [-0.05, 0) is 43.2 Å². The molecule has 0 saturated carbocycles. The predicted molar refractivity (Wildman–Crippen MR) is 129 cm³/mol. The largest absolute Gasteiger partial charge is 0.379 e. The summed E-state index contributed by atoms with van der Waals surface area (Å²) in [5.74, 6) is 0. The summed E-state index contributed by atoms with van der Waals surface area (Å²) in [5, 5.41) is 0.807. The number of ether oxygens (including phenoxy) is 1. The minimum absolute atomic E-state index is 0.0945. The van der Waals surface area contributed by atoms with Gasteiger partial charge in [-0.1, -0.05) is 36.8 Å². The van der Waals surface area contributed by atoms with Crippen LogP contribution in [-0.2, 0) is 37.1 Å². The average molecular weight is 454 g/mol. The Hall–Kier alpha value is -2.22. The number of morpholine rings is 1. The molecule has 32 heavy (non-hydrogen) atoms. The molecule has 3 heterocycles. The molecule has 0 atom stereocenters. The summed E-state index contributed by atoms with van der Waals surface area (Å²) in [6, 6.07) is 10.1. The van der Waals surface area contributed by atoms with Crippen molar-refractivity contribution in [2.45, 2.75) is 51.6 Å². The maximum atomic E-state index is 13.6. The zero-order valence-corrected chi connectivity index (χ0v) is 19.4. The van der Waals surface area contributed by atoms with Gasteiger partial charge in [0.1, 0.15) is 4.83 Å². The number of nitrogens with zero attached hydrogens (tertiary/aromatic N) is 3. The predicted octanol–water partition coefficient (Wildman–Crippen LogP) is 3.07. The van der Waals surface area contributed by atoms with E-state index in [-0.39, 0.29) is 11.2 Å². The summed E-state index contributed by atoms with van der Waals surface area (Å²) in [4.78, 5) is 31.7. The van der Waals surface area contributed by atoms with Crippen molar-refractivity contribution in [3.8, 4) is 0 Å². The van der Waals surface area contributed by atoms with Gasteiger partial charge < -0.3 is 4.74 Å². The van der Waals surface area contributed by atoms with Gasteiger partial charge >= 0.3 is 5.69 Å². The topological polar surface area (TPSA) is 56.5 Å². The highest BCUT2D eigenvalue weighted by Crippen LogP contribution is 2.33. The minimum Gasteiger partial charge on any atom is -0.379 e. The lowest BCUT2D eigenvalue weighted by molar-refractivity contribution is 0.0363. The molecule has 1 fully saturated rings. The SMILES string of the molecule is O=c1c2c3c(sc2n(CCN2CCOCC2)c(=O)n1CCc1ccccc1)CCCCC3. The molecule has 1 aromatic carbocycles. The van der Waals surface area contributed by atoms with Crippen molar-refractivity contribution in [1.29, 1.82) is 0 Å². The molecule has 7 heteroatoms. The van der Waals surface area contributed by atoms with Crippen molar-refractivity contribution < 1.29 is 4.74 Å². The van der Waals surface area contributed by atoms with Crippen LogP contribution in [0.15, 0.2) is 39.9 Å². The van der Waals surface area contributed by atoms with Crippen LogP contribution in [0.25, 0.3) is 10.2 Å². The molecular formula is C25H31N3O3S. The molecule has 6 nitrogen and oxygen atoms in total. The quantitative estimate of drug-likeness (QED) is 0.539. The first kappa shape index (κ1) is 21.6. The Bertz CT molecular complexity index is 1190. The number of fused-ring (bicyclic) bond motifs is 3. The Labute approximate surface area is 192 Å². The van der Waals surface area contributed by atoms with Crippen LogP contribution in [-0.4, -0.2) is 46.9 Å². The van der Waals surface area contributed by atoms with Gasteiger partial charge in [0.15, 0.2) is 0 Å². The number of thiophene rings is 1. The van der Waals surface area contributed by atoms with Gasteiger partial charge in [0, 0.05) is 37.6 Å². The van der Waals surface area contributed by atoms with E-state index in [0.29, 0.717) is 19.5 Å². The lowest BCUT2D eigenvalue weighted by atomic mass is 10.1. The number of aryl methyl sites for hydroxylation is 3. The van der Waals surface area contributed by atoms with E-state index in [9.17, 15) is 9.59 Å². The lowest BCUT2D eigenvalue weighted by Gasteiger charge is -2.26. The second-order valence-corrected chi connectivity index (χ2v) is 9.91. The highest BCUT2D eigenvalue weighted by Gasteiger charge is 2.23. The summed E-state index contributed by atoms with van der Waals surface area (Å²) < 4.78 is 8.85. The first-order valence-electron chi connectivity index (χ1n) is 11.8. The van der Waals surface area contributed by atoms with Gasteiger partial charge in [0.2, 0.25) is 0 Å². The van der Waals surface area contributed by atoms with Crippen LogP contribution in [0.4, 0.5) is 0 Å². The molecule has 0 bridgehead atoms. The fraction of sp³-hybridized carbons (Fsp3) is 0.520. The van der Waals surface area contributed by atoms with Crippen LogP contribution in [0, 0.1) is 0 Å². The van der Waals surface area contributed by atoms with Crippen molar-refractivity contribution in [3.63, 3.8) is 0 Å². The highest BCUT2D eigenvalue weighted by atomic mass is 32.1. The molecule has 1 saturated heterocycles. The summed E-state index contributed by atoms with van der Waals surface area (Å²) in [6.45, 7) is 5.11. The highest BCUT2D eigenvalue weighted by molar-refractivity contribution is 7.18. The maximum Gasteiger partial charge on any atom is 0.332 e. The van der Waals surface area contributed by atoms with Crippen LogP contribution < -0.4 is 11.2 Å². The van der Waals surface area contributed by atoms with E-state index in [1.165, 1.54) is 27.8 Å². The second-order valence-electron chi connectivity index (χ2n) is 8.83. The number of rotatable bonds is 6. The fourth-order valence-corrected chi connectivity index (χ4v) is 6.34. The molecule has 2 aromatic heterocycles. The van der Waals surface area contributed by atoms with E-state index in [4.69, 9.17) is 4.74 Å². The monoisotopic (exact) mass is 453 g/mol. The van der Waals surface area contributed by atoms with Crippen molar-refractivity contribution in [3.05, 3.63) is 67.2 Å². The maximum absolute atomic E-state index is 13.6. The van der Waals surface area contributed by atoms with Crippen molar-refractivity contribution in [2.24, 2.45) is 0 Å². The first-order valence-corrected chi connectivity index (χ1v) is 12.7. The number of benzene rings is 1. The van der Waals surface area contributed by atoms with Gasteiger partial charge in [-0.3, -0.25) is 18.8 Å². The molecule has 0 unspecified atom stereocenters. The van der Waals surface area contributed by atoms with E-state index >= 15 is 0 Å². The van der Waals surface area contributed by atoms with E-state index < -0.39 is 0 Å². The van der Waals surface area contributed by atoms with Crippen molar-refractivity contribution in [2.75, 3.05) is 32.8 Å². The molecular weight excluding hydrogens is 422 g/mol. The summed E-state index contributed by atoms with van der Waals surface area (Å²) in [6.07, 6.45) is 6.15. The molecule has 170 valence electrons. The number of hydrogen-bond acceptors (Lipinski definition) is 5.